The van der Waals surface area contributed by atoms with Gasteiger partial charge in [-0.05, 0) is 48.9 Å². The average Bonchev–Trinajstić information content (AvgIpc) is 2.75. The van der Waals surface area contributed by atoms with Crippen LogP contribution in [0.25, 0.3) is 0 Å². The van der Waals surface area contributed by atoms with Gasteiger partial charge < -0.3 is 4.90 Å². The molecule has 0 atom stereocenters. The average molecular weight is 407 g/mol. The van der Waals surface area contributed by atoms with Crippen molar-refractivity contribution in [3.05, 3.63) is 84.1 Å². The molecule has 0 aliphatic heterocycles. The number of rotatable bonds is 7. The molecule has 0 saturated carbocycles. The van der Waals surface area contributed by atoms with Crippen LogP contribution >= 0.6 is 0 Å². The van der Waals surface area contributed by atoms with Crippen molar-refractivity contribution in [3.8, 4) is 6.07 Å². The van der Waals surface area contributed by atoms with Crippen molar-refractivity contribution >= 4 is 21.5 Å². The molecule has 7 heteroatoms. The minimum Gasteiger partial charge on any atom is -0.355 e. The number of aromatic nitrogens is 1. The Bertz CT molecular complexity index is 1090. The monoisotopic (exact) mass is 406 g/mol. The summed E-state index contributed by atoms with van der Waals surface area (Å²) in [5.41, 5.74) is 2.27. The van der Waals surface area contributed by atoms with E-state index in [1.165, 1.54) is 10.5 Å². The van der Waals surface area contributed by atoms with Gasteiger partial charge in [-0.2, -0.15) is 5.26 Å². The first-order valence-electron chi connectivity index (χ1n) is 9.19. The number of benzene rings is 2. The van der Waals surface area contributed by atoms with Crippen LogP contribution in [0.3, 0.4) is 0 Å². The smallest absolute Gasteiger partial charge is 0.265 e. The highest BCUT2D eigenvalue weighted by Gasteiger charge is 2.24. The molecule has 0 saturated heterocycles. The second-order valence-corrected chi connectivity index (χ2v) is 8.38. The largest absolute Gasteiger partial charge is 0.355 e. The van der Waals surface area contributed by atoms with Crippen molar-refractivity contribution in [1.29, 1.82) is 5.26 Å². The van der Waals surface area contributed by atoms with Crippen LogP contribution in [0.2, 0.25) is 0 Å². The summed E-state index contributed by atoms with van der Waals surface area (Å²) in [6.45, 7) is 2.72. The molecule has 29 heavy (non-hydrogen) atoms. The Balaban J connectivity index is 1.78. The van der Waals surface area contributed by atoms with E-state index in [2.05, 4.69) is 11.1 Å². The van der Waals surface area contributed by atoms with E-state index in [1.807, 2.05) is 42.3 Å². The van der Waals surface area contributed by atoms with Crippen molar-refractivity contribution in [3.63, 3.8) is 0 Å². The van der Waals surface area contributed by atoms with Crippen molar-refractivity contribution in [2.45, 2.75) is 18.4 Å². The summed E-state index contributed by atoms with van der Waals surface area (Å²) in [4.78, 5) is 6.43. The van der Waals surface area contributed by atoms with Gasteiger partial charge in [-0.1, -0.05) is 30.3 Å². The summed E-state index contributed by atoms with van der Waals surface area (Å²) >= 11 is 0. The molecule has 0 aliphatic rings. The van der Waals surface area contributed by atoms with E-state index in [1.54, 1.807) is 43.3 Å². The maximum atomic E-state index is 13.0. The zero-order chi connectivity index (χ0) is 20.9. The lowest BCUT2D eigenvalue weighted by atomic mass is 10.1. The van der Waals surface area contributed by atoms with Crippen LogP contribution in [0.5, 0.6) is 0 Å². The van der Waals surface area contributed by atoms with Crippen LogP contribution < -0.4 is 9.21 Å². The lowest BCUT2D eigenvalue weighted by Crippen LogP contribution is -2.30. The van der Waals surface area contributed by atoms with Gasteiger partial charge in [0.2, 0.25) is 0 Å². The van der Waals surface area contributed by atoms with E-state index in [0.29, 0.717) is 30.2 Å². The molecule has 0 N–H and O–H groups in total. The Morgan fingerprint density at radius 2 is 1.69 bits per heavy atom. The Morgan fingerprint density at radius 3 is 2.24 bits per heavy atom. The van der Waals surface area contributed by atoms with Crippen LogP contribution in [0.15, 0.2) is 77.8 Å². The van der Waals surface area contributed by atoms with Gasteiger partial charge in [-0.3, -0.25) is 4.31 Å². The van der Waals surface area contributed by atoms with E-state index < -0.39 is 10.0 Å². The summed E-state index contributed by atoms with van der Waals surface area (Å²) in [6, 6.07) is 21.7. The number of hydrogen-bond donors (Lipinski definition) is 0. The van der Waals surface area contributed by atoms with E-state index >= 15 is 0 Å². The summed E-state index contributed by atoms with van der Waals surface area (Å²) in [7, 11) is -1.81. The molecule has 0 fully saturated rings. The third-order valence-corrected chi connectivity index (χ3v) is 6.42. The fourth-order valence-corrected chi connectivity index (χ4v) is 4.42. The van der Waals surface area contributed by atoms with Crippen LogP contribution in [0.4, 0.5) is 11.5 Å². The van der Waals surface area contributed by atoms with Crippen molar-refractivity contribution in [2.75, 3.05) is 22.8 Å². The van der Waals surface area contributed by atoms with Gasteiger partial charge in [0.1, 0.15) is 10.7 Å². The van der Waals surface area contributed by atoms with E-state index in [4.69, 9.17) is 5.26 Å². The Hall–Kier alpha value is -3.37. The maximum absolute atomic E-state index is 13.0. The summed E-state index contributed by atoms with van der Waals surface area (Å²) in [5, 5.41) is 8.89. The van der Waals surface area contributed by atoms with E-state index in [-0.39, 0.29) is 4.90 Å². The lowest BCUT2D eigenvalue weighted by Gasteiger charge is -2.23. The van der Waals surface area contributed by atoms with Crippen LogP contribution in [0.1, 0.15) is 18.1 Å². The number of hydrogen-bond acceptors (Lipinski definition) is 5. The molecule has 1 aromatic heterocycles. The van der Waals surface area contributed by atoms with Gasteiger partial charge in [0.05, 0.1) is 17.3 Å². The molecule has 148 valence electrons. The van der Waals surface area contributed by atoms with Gasteiger partial charge in [0.25, 0.3) is 10.0 Å². The number of nitrogens with zero attached hydrogens (tertiary/aromatic N) is 4. The first kappa shape index (κ1) is 20.4. The number of sulfonamides is 1. The predicted molar refractivity (Wildman–Crippen MR) is 114 cm³/mol. The van der Waals surface area contributed by atoms with Crippen LogP contribution in [-0.4, -0.2) is 27.0 Å². The van der Waals surface area contributed by atoms with E-state index in [0.717, 1.165) is 5.56 Å². The van der Waals surface area contributed by atoms with Gasteiger partial charge in [-0.15, -0.1) is 0 Å². The molecular weight excluding hydrogens is 384 g/mol. The molecular formula is C22H22N4O2S. The molecule has 6 nitrogen and oxygen atoms in total. The minimum atomic E-state index is -3.69. The van der Waals surface area contributed by atoms with Crippen LogP contribution in [0, 0.1) is 11.3 Å². The molecule has 0 unspecified atom stereocenters. The number of pyridine rings is 1. The second kappa shape index (κ2) is 8.76. The Kier molecular flexibility index (Phi) is 6.15. The molecule has 0 bridgehead atoms. The topological polar surface area (TPSA) is 77.3 Å². The highest BCUT2D eigenvalue weighted by Crippen LogP contribution is 2.24. The fraction of sp³-hybridized carbons (Fsp3) is 0.182. The lowest BCUT2D eigenvalue weighted by molar-refractivity contribution is 0.591. The summed E-state index contributed by atoms with van der Waals surface area (Å²) in [6.07, 6.45) is 1.39. The van der Waals surface area contributed by atoms with E-state index in [9.17, 15) is 8.42 Å². The Labute approximate surface area is 171 Å². The molecule has 1 heterocycles. The molecule has 0 radical (unpaired) electrons. The molecule has 0 aliphatic carbocycles. The van der Waals surface area contributed by atoms with Crippen LogP contribution in [-0.2, 0) is 16.6 Å². The van der Waals surface area contributed by atoms with Crippen molar-refractivity contribution < 1.29 is 8.42 Å². The Morgan fingerprint density at radius 1 is 1.00 bits per heavy atom. The molecule has 3 aromatic rings. The number of para-hydroxylation sites is 1. The third-order valence-electron chi connectivity index (χ3n) is 4.53. The molecule has 0 spiro atoms. The van der Waals surface area contributed by atoms with Crippen molar-refractivity contribution in [1.82, 2.24) is 4.98 Å². The quantitative estimate of drug-likeness (QED) is 0.596. The zero-order valence-corrected chi connectivity index (χ0v) is 17.2. The van der Waals surface area contributed by atoms with Gasteiger partial charge in [-0.25, -0.2) is 13.4 Å². The maximum Gasteiger partial charge on any atom is 0.265 e. The summed E-state index contributed by atoms with van der Waals surface area (Å²) < 4.78 is 27.5. The van der Waals surface area contributed by atoms with Gasteiger partial charge in [0, 0.05) is 26.3 Å². The SMILES string of the molecule is CCN(c1ccccc1)S(=O)(=O)c1ccc(N(C)Cc2ccc(C#N)cc2)nc1. The zero-order valence-electron chi connectivity index (χ0n) is 16.4. The highest BCUT2D eigenvalue weighted by atomic mass is 32.2. The second-order valence-electron chi connectivity index (χ2n) is 6.52. The first-order chi connectivity index (χ1) is 14.0. The standard InChI is InChI=1S/C22H22N4O2S/c1-3-26(20-7-5-4-6-8-20)29(27,28)21-13-14-22(24-16-21)25(2)17-19-11-9-18(15-23)10-12-19/h4-14,16H,3,17H2,1-2H3. The van der Waals surface area contributed by atoms with Gasteiger partial charge >= 0.3 is 0 Å². The first-order valence-corrected chi connectivity index (χ1v) is 10.6. The fourth-order valence-electron chi connectivity index (χ4n) is 3.00. The minimum absolute atomic E-state index is 0.152. The number of anilines is 2. The molecule has 3 rings (SSSR count). The molecule has 0 amide bonds. The summed E-state index contributed by atoms with van der Waals surface area (Å²) in [5.74, 6) is 0.663. The third kappa shape index (κ3) is 4.55. The predicted octanol–water partition coefficient (Wildman–Crippen LogP) is 3.80. The highest BCUT2D eigenvalue weighted by molar-refractivity contribution is 7.92. The van der Waals surface area contributed by atoms with Crippen molar-refractivity contribution in [2.24, 2.45) is 0 Å². The normalized spacial score (nSPS) is 10.9. The van der Waals surface area contributed by atoms with Gasteiger partial charge in [0.15, 0.2) is 0 Å². The number of nitriles is 1. The molecule has 2 aromatic carbocycles.